The maximum atomic E-state index is 14.7. The third-order valence-corrected chi connectivity index (χ3v) is 5.72. The monoisotopic (exact) mass is 451 g/mol. The van der Waals surface area contributed by atoms with E-state index in [0.717, 1.165) is 27.7 Å². The van der Waals surface area contributed by atoms with E-state index in [0.29, 0.717) is 40.5 Å². The minimum Gasteiger partial charge on any atom is -0.494 e. The summed E-state index contributed by atoms with van der Waals surface area (Å²) < 4.78 is 25.0. The first-order valence-corrected chi connectivity index (χ1v) is 10.7. The molecule has 0 saturated heterocycles. The summed E-state index contributed by atoms with van der Waals surface area (Å²) in [6, 6.07) is 16.2. The first-order valence-electron chi connectivity index (χ1n) is 10.3. The highest BCUT2D eigenvalue weighted by Gasteiger charge is 2.14. The molecule has 4 nitrogen and oxygen atoms in total. The quantitative estimate of drug-likeness (QED) is 0.331. The normalized spacial score (nSPS) is 11.0. The molecule has 164 valence electrons. The van der Waals surface area contributed by atoms with Gasteiger partial charge in [0.25, 0.3) is 0 Å². The molecule has 6 heteroatoms. The van der Waals surface area contributed by atoms with E-state index in [1.54, 1.807) is 18.2 Å². The number of esters is 1. The largest absolute Gasteiger partial charge is 0.494 e. The predicted molar refractivity (Wildman–Crippen MR) is 125 cm³/mol. The van der Waals surface area contributed by atoms with Crippen LogP contribution in [-0.2, 0) is 11.2 Å². The van der Waals surface area contributed by atoms with E-state index in [2.05, 4.69) is 4.98 Å². The predicted octanol–water partition coefficient (Wildman–Crippen LogP) is 6.71. The van der Waals surface area contributed by atoms with Crippen molar-refractivity contribution in [2.45, 2.75) is 20.3 Å². The number of carbonyl (C=O) groups is 1. The van der Waals surface area contributed by atoms with E-state index < -0.39 is 0 Å². The Labute approximate surface area is 190 Å². The van der Waals surface area contributed by atoms with Gasteiger partial charge in [-0.1, -0.05) is 23.7 Å². The lowest BCUT2D eigenvalue weighted by molar-refractivity contribution is 0.0600. The Kier molecular flexibility index (Phi) is 6.19. The summed E-state index contributed by atoms with van der Waals surface area (Å²) in [6.07, 6.45) is 0.601. The number of carbonyl (C=O) groups excluding carboxylic acids is 1. The third kappa shape index (κ3) is 4.34. The van der Waals surface area contributed by atoms with Gasteiger partial charge in [-0.2, -0.15) is 0 Å². The molecule has 0 unspecified atom stereocenters. The van der Waals surface area contributed by atoms with Crippen LogP contribution in [0.4, 0.5) is 4.39 Å². The van der Waals surface area contributed by atoms with Crippen LogP contribution in [0.15, 0.2) is 54.6 Å². The molecule has 32 heavy (non-hydrogen) atoms. The highest BCUT2D eigenvalue weighted by atomic mass is 35.5. The molecule has 0 aliphatic carbocycles. The number of aryl methyl sites for hydroxylation is 1. The van der Waals surface area contributed by atoms with Crippen LogP contribution in [0.2, 0.25) is 5.02 Å². The third-order valence-electron chi connectivity index (χ3n) is 5.41. The van der Waals surface area contributed by atoms with E-state index in [9.17, 15) is 9.18 Å². The minimum absolute atomic E-state index is 0.352. The molecule has 0 spiro atoms. The van der Waals surface area contributed by atoms with Crippen molar-refractivity contribution in [2.24, 2.45) is 0 Å². The molecular formula is C26H23ClFNO3. The Hall–Kier alpha value is -3.31. The number of H-pyrrole nitrogens is 1. The van der Waals surface area contributed by atoms with Gasteiger partial charge in [-0.3, -0.25) is 0 Å². The zero-order valence-corrected chi connectivity index (χ0v) is 18.8. The van der Waals surface area contributed by atoms with Crippen molar-refractivity contribution in [3.05, 3.63) is 87.8 Å². The van der Waals surface area contributed by atoms with Gasteiger partial charge in [0.05, 0.1) is 24.3 Å². The summed E-state index contributed by atoms with van der Waals surface area (Å²) in [7, 11) is 1.38. The number of nitrogens with one attached hydrogen (secondary N) is 1. The second-order valence-electron chi connectivity index (χ2n) is 7.61. The van der Waals surface area contributed by atoms with Gasteiger partial charge < -0.3 is 14.5 Å². The van der Waals surface area contributed by atoms with Crippen molar-refractivity contribution in [3.63, 3.8) is 0 Å². The number of fused-ring (bicyclic) bond motifs is 1. The molecule has 3 aromatic carbocycles. The molecule has 4 aromatic rings. The molecule has 0 aliphatic rings. The topological polar surface area (TPSA) is 51.3 Å². The van der Waals surface area contributed by atoms with Crippen molar-refractivity contribution in [1.82, 2.24) is 4.98 Å². The summed E-state index contributed by atoms with van der Waals surface area (Å²) in [5.41, 5.74) is 5.26. The van der Waals surface area contributed by atoms with E-state index in [4.69, 9.17) is 21.1 Å². The minimum atomic E-state index is -0.386. The first kappa shape index (κ1) is 21.9. The number of halogens is 2. The van der Waals surface area contributed by atoms with Crippen LogP contribution >= 0.6 is 11.6 Å². The Balaban J connectivity index is 1.67. The second-order valence-corrected chi connectivity index (χ2v) is 8.01. The number of aromatic amines is 1. The second kappa shape index (κ2) is 9.05. The molecule has 1 heterocycles. The van der Waals surface area contributed by atoms with Crippen LogP contribution in [0.25, 0.3) is 22.0 Å². The Bertz CT molecular complexity index is 1310. The summed E-state index contributed by atoms with van der Waals surface area (Å²) >= 11 is 6.50. The molecule has 4 rings (SSSR count). The van der Waals surface area contributed by atoms with Crippen LogP contribution < -0.4 is 4.74 Å². The number of benzene rings is 3. The van der Waals surface area contributed by atoms with Crippen LogP contribution in [0.1, 0.15) is 34.1 Å². The van der Waals surface area contributed by atoms with Gasteiger partial charge in [0.2, 0.25) is 0 Å². The van der Waals surface area contributed by atoms with Crippen LogP contribution in [0, 0.1) is 12.7 Å². The van der Waals surface area contributed by atoms with Crippen molar-refractivity contribution in [1.29, 1.82) is 0 Å². The van der Waals surface area contributed by atoms with E-state index in [1.807, 2.05) is 44.2 Å². The van der Waals surface area contributed by atoms with Gasteiger partial charge in [-0.25, -0.2) is 9.18 Å². The standard InChI is InChI=1S/C26H23ClFNO3/c1-4-32-19-7-8-20(24(28)13-19)22-12-17-11-18(29-25(17)14-23(22)27)9-16-6-5-15(2)21(10-16)26(30)31-3/h5-8,10-14,29H,4,9H2,1-3H3. The fourth-order valence-electron chi connectivity index (χ4n) is 3.82. The molecule has 0 aliphatic heterocycles. The Morgan fingerprint density at radius 1 is 1.06 bits per heavy atom. The van der Waals surface area contributed by atoms with Gasteiger partial charge in [0.15, 0.2) is 0 Å². The summed E-state index contributed by atoms with van der Waals surface area (Å²) in [6.45, 7) is 4.20. The van der Waals surface area contributed by atoms with E-state index in [-0.39, 0.29) is 11.8 Å². The highest BCUT2D eigenvalue weighted by molar-refractivity contribution is 6.34. The SMILES string of the molecule is CCOc1ccc(-c2cc3cc(Cc4ccc(C)c(C(=O)OC)c4)[nH]c3cc2Cl)c(F)c1. The van der Waals surface area contributed by atoms with Gasteiger partial charge >= 0.3 is 5.97 Å². The fourth-order valence-corrected chi connectivity index (χ4v) is 4.08. The lowest BCUT2D eigenvalue weighted by Crippen LogP contribution is -2.04. The number of ether oxygens (including phenoxy) is 2. The van der Waals surface area contributed by atoms with Crippen LogP contribution in [-0.4, -0.2) is 24.7 Å². The fraction of sp³-hybridized carbons (Fsp3) is 0.192. The summed E-state index contributed by atoms with van der Waals surface area (Å²) in [5, 5.41) is 1.38. The van der Waals surface area contributed by atoms with E-state index >= 15 is 0 Å². The molecule has 0 radical (unpaired) electrons. The number of rotatable bonds is 6. The Morgan fingerprint density at radius 3 is 2.59 bits per heavy atom. The smallest absolute Gasteiger partial charge is 0.338 e. The van der Waals surface area contributed by atoms with Crippen molar-refractivity contribution >= 4 is 28.5 Å². The first-order chi connectivity index (χ1) is 15.4. The van der Waals surface area contributed by atoms with Gasteiger partial charge in [-0.05, 0) is 61.4 Å². The molecule has 0 bridgehead atoms. The maximum Gasteiger partial charge on any atom is 0.338 e. The van der Waals surface area contributed by atoms with E-state index in [1.165, 1.54) is 13.2 Å². The molecule has 0 saturated carbocycles. The zero-order valence-electron chi connectivity index (χ0n) is 18.1. The number of hydrogen-bond donors (Lipinski definition) is 1. The highest BCUT2D eigenvalue weighted by Crippen LogP contribution is 2.35. The molecule has 1 N–H and O–H groups in total. The van der Waals surface area contributed by atoms with Gasteiger partial charge in [0.1, 0.15) is 11.6 Å². The molecule has 0 atom stereocenters. The van der Waals surface area contributed by atoms with Crippen molar-refractivity contribution in [2.75, 3.05) is 13.7 Å². The lowest BCUT2D eigenvalue weighted by atomic mass is 10.0. The maximum absolute atomic E-state index is 14.7. The van der Waals surface area contributed by atoms with Crippen LogP contribution in [0.5, 0.6) is 5.75 Å². The molecular weight excluding hydrogens is 429 g/mol. The number of methoxy groups -OCH3 is 1. The summed E-state index contributed by atoms with van der Waals surface area (Å²) in [4.78, 5) is 15.4. The Morgan fingerprint density at radius 2 is 1.88 bits per heavy atom. The lowest BCUT2D eigenvalue weighted by Gasteiger charge is -2.09. The van der Waals surface area contributed by atoms with Gasteiger partial charge in [0, 0.05) is 40.2 Å². The number of aromatic nitrogens is 1. The number of hydrogen-bond acceptors (Lipinski definition) is 3. The molecule has 1 aromatic heterocycles. The van der Waals surface area contributed by atoms with Gasteiger partial charge in [-0.15, -0.1) is 0 Å². The average molecular weight is 452 g/mol. The van der Waals surface area contributed by atoms with Crippen molar-refractivity contribution < 1.29 is 18.7 Å². The summed E-state index contributed by atoms with van der Waals surface area (Å²) in [5.74, 6) is -0.253. The average Bonchev–Trinajstić information content (AvgIpc) is 3.15. The van der Waals surface area contributed by atoms with Crippen molar-refractivity contribution in [3.8, 4) is 16.9 Å². The van der Waals surface area contributed by atoms with Crippen LogP contribution in [0.3, 0.4) is 0 Å². The molecule has 0 fully saturated rings. The molecule has 0 amide bonds. The zero-order chi connectivity index (χ0) is 22.8.